The molecule has 0 bridgehead atoms. The third-order valence-electron chi connectivity index (χ3n) is 4.53. The molecule has 1 atom stereocenters. The van der Waals surface area contributed by atoms with Crippen molar-refractivity contribution in [2.24, 2.45) is 0 Å². The van der Waals surface area contributed by atoms with Gasteiger partial charge in [-0.05, 0) is 6.92 Å². The molecule has 8 nitrogen and oxygen atoms in total. The standard InChI is InChI=1S/C18H34N4O4/c1-3-4-19-5-6-20(13-14-23)8-10-22(16-18(25)26)12-11-21(9-7-19)15-17(2)24/h3,14,17,24H,1,4-13,15-16H2,2H3,(H,25,26). The van der Waals surface area contributed by atoms with E-state index in [9.17, 15) is 14.7 Å². The summed E-state index contributed by atoms with van der Waals surface area (Å²) in [7, 11) is 0. The van der Waals surface area contributed by atoms with Crippen LogP contribution in [0.25, 0.3) is 0 Å². The zero-order chi connectivity index (χ0) is 19.4. The lowest BCUT2D eigenvalue weighted by atomic mass is 10.3. The van der Waals surface area contributed by atoms with Crippen molar-refractivity contribution in [1.82, 2.24) is 19.6 Å². The molecule has 1 fully saturated rings. The van der Waals surface area contributed by atoms with Gasteiger partial charge in [0.25, 0.3) is 0 Å². The van der Waals surface area contributed by atoms with Gasteiger partial charge in [-0.3, -0.25) is 24.4 Å². The molecule has 0 aromatic heterocycles. The van der Waals surface area contributed by atoms with Crippen LogP contribution in [0.15, 0.2) is 12.7 Å². The van der Waals surface area contributed by atoms with Crippen LogP contribution < -0.4 is 0 Å². The van der Waals surface area contributed by atoms with Crippen LogP contribution in [0.3, 0.4) is 0 Å². The first-order chi connectivity index (χ1) is 12.4. The molecule has 0 spiro atoms. The second-order valence-electron chi connectivity index (χ2n) is 6.88. The molecule has 1 heterocycles. The topological polar surface area (TPSA) is 87.6 Å². The third-order valence-corrected chi connectivity index (χ3v) is 4.53. The molecule has 0 radical (unpaired) electrons. The maximum atomic E-state index is 11.1. The van der Waals surface area contributed by atoms with Gasteiger partial charge in [-0.2, -0.15) is 0 Å². The Labute approximate surface area is 156 Å². The SMILES string of the molecule is C=CCN1CCN(CC=O)CCN(CC(=O)O)CCN(CC(C)O)CC1. The van der Waals surface area contributed by atoms with Gasteiger partial charge in [0.05, 0.1) is 19.2 Å². The third kappa shape index (κ3) is 9.98. The number of hydrogen-bond donors (Lipinski definition) is 2. The van der Waals surface area contributed by atoms with E-state index in [1.807, 2.05) is 11.0 Å². The summed E-state index contributed by atoms with van der Waals surface area (Å²) in [4.78, 5) is 30.5. The van der Waals surface area contributed by atoms with Gasteiger partial charge in [0.15, 0.2) is 0 Å². The minimum atomic E-state index is -0.849. The van der Waals surface area contributed by atoms with Gasteiger partial charge in [-0.25, -0.2) is 0 Å². The highest BCUT2D eigenvalue weighted by atomic mass is 16.4. The highest BCUT2D eigenvalue weighted by molar-refractivity contribution is 5.69. The van der Waals surface area contributed by atoms with E-state index in [4.69, 9.17) is 5.11 Å². The number of carboxylic acid groups (broad SMARTS) is 1. The summed E-state index contributed by atoms with van der Waals surface area (Å²) >= 11 is 0. The summed E-state index contributed by atoms with van der Waals surface area (Å²) in [6.07, 6.45) is 2.35. The minimum Gasteiger partial charge on any atom is -0.480 e. The smallest absolute Gasteiger partial charge is 0.317 e. The van der Waals surface area contributed by atoms with Crippen LogP contribution in [0, 0.1) is 0 Å². The largest absolute Gasteiger partial charge is 0.480 e. The molecule has 0 aromatic carbocycles. The van der Waals surface area contributed by atoms with E-state index in [2.05, 4.69) is 21.3 Å². The first-order valence-electron chi connectivity index (χ1n) is 9.28. The van der Waals surface area contributed by atoms with Crippen molar-refractivity contribution in [2.45, 2.75) is 13.0 Å². The quantitative estimate of drug-likeness (QED) is 0.418. The molecule has 1 aliphatic heterocycles. The van der Waals surface area contributed by atoms with Crippen LogP contribution in [0.2, 0.25) is 0 Å². The van der Waals surface area contributed by atoms with Crippen molar-refractivity contribution < 1.29 is 19.8 Å². The first kappa shape index (κ1) is 22.7. The zero-order valence-electron chi connectivity index (χ0n) is 15.9. The molecule has 1 saturated heterocycles. The van der Waals surface area contributed by atoms with Gasteiger partial charge in [0, 0.05) is 65.4 Å². The van der Waals surface area contributed by atoms with Crippen molar-refractivity contribution in [2.75, 3.05) is 78.5 Å². The highest BCUT2D eigenvalue weighted by Gasteiger charge is 2.18. The number of carbonyl (C=O) groups excluding carboxylic acids is 1. The first-order valence-corrected chi connectivity index (χ1v) is 9.28. The molecule has 0 aromatic rings. The van der Waals surface area contributed by atoms with Crippen molar-refractivity contribution in [3.05, 3.63) is 12.7 Å². The number of rotatable bonds is 8. The van der Waals surface area contributed by atoms with Gasteiger partial charge in [-0.15, -0.1) is 6.58 Å². The monoisotopic (exact) mass is 370 g/mol. The molecule has 26 heavy (non-hydrogen) atoms. The fourth-order valence-electron chi connectivity index (χ4n) is 3.14. The van der Waals surface area contributed by atoms with E-state index < -0.39 is 12.1 Å². The van der Waals surface area contributed by atoms with E-state index in [1.165, 1.54) is 0 Å². The number of nitrogens with zero attached hydrogens (tertiary/aromatic N) is 4. The molecule has 0 amide bonds. The van der Waals surface area contributed by atoms with Gasteiger partial charge in [0.2, 0.25) is 0 Å². The normalized spacial score (nSPS) is 21.5. The maximum absolute atomic E-state index is 11.1. The van der Waals surface area contributed by atoms with Crippen molar-refractivity contribution in [1.29, 1.82) is 0 Å². The van der Waals surface area contributed by atoms with Gasteiger partial charge >= 0.3 is 5.97 Å². The molecule has 1 aliphatic rings. The fourth-order valence-corrected chi connectivity index (χ4v) is 3.14. The number of aliphatic hydroxyl groups is 1. The van der Waals surface area contributed by atoms with Crippen LogP contribution in [-0.2, 0) is 9.59 Å². The lowest BCUT2D eigenvalue weighted by molar-refractivity contribution is -0.138. The van der Waals surface area contributed by atoms with Crippen LogP contribution in [0.1, 0.15) is 6.92 Å². The molecule has 0 aliphatic carbocycles. The average Bonchev–Trinajstić information content (AvgIpc) is 2.56. The minimum absolute atomic E-state index is 0.0139. The Hall–Kier alpha value is -1.32. The maximum Gasteiger partial charge on any atom is 0.317 e. The van der Waals surface area contributed by atoms with Gasteiger partial charge < -0.3 is 15.0 Å². The number of carbonyl (C=O) groups is 2. The van der Waals surface area contributed by atoms with Crippen molar-refractivity contribution in [3.8, 4) is 0 Å². The van der Waals surface area contributed by atoms with E-state index in [-0.39, 0.29) is 6.54 Å². The Morgan fingerprint density at radius 3 is 1.85 bits per heavy atom. The summed E-state index contributed by atoms with van der Waals surface area (Å²) in [6, 6.07) is 0. The molecule has 2 N–H and O–H groups in total. The predicted molar refractivity (Wildman–Crippen MR) is 101 cm³/mol. The summed E-state index contributed by atoms with van der Waals surface area (Å²) in [5, 5.41) is 18.9. The summed E-state index contributed by atoms with van der Waals surface area (Å²) in [5.74, 6) is -0.849. The van der Waals surface area contributed by atoms with Crippen molar-refractivity contribution in [3.63, 3.8) is 0 Å². The Morgan fingerprint density at radius 2 is 1.42 bits per heavy atom. The Morgan fingerprint density at radius 1 is 0.962 bits per heavy atom. The number of aliphatic carboxylic acids is 1. The van der Waals surface area contributed by atoms with Crippen molar-refractivity contribution >= 4 is 12.3 Å². The molecule has 1 rings (SSSR count). The van der Waals surface area contributed by atoms with Gasteiger partial charge in [0.1, 0.15) is 6.29 Å². The second-order valence-corrected chi connectivity index (χ2v) is 6.88. The number of aldehydes is 1. The second kappa shape index (κ2) is 12.9. The predicted octanol–water partition coefficient (Wildman–Crippen LogP) is -0.942. The average molecular weight is 370 g/mol. The van der Waals surface area contributed by atoms with Crippen LogP contribution >= 0.6 is 0 Å². The van der Waals surface area contributed by atoms with E-state index >= 15 is 0 Å². The zero-order valence-corrected chi connectivity index (χ0v) is 15.9. The van der Waals surface area contributed by atoms with Crippen LogP contribution in [0.5, 0.6) is 0 Å². The lowest BCUT2D eigenvalue weighted by Gasteiger charge is -2.33. The lowest BCUT2D eigenvalue weighted by Crippen LogP contribution is -2.48. The number of hydrogen-bond acceptors (Lipinski definition) is 7. The number of aliphatic hydroxyl groups excluding tert-OH is 1. The van der Waals surface area contributed by atoms with Gasteiger partial charge in [-0.1, -0.05) is 6.08 Å². The molecule has 0 saturated carbocycles. The number of β-amino-alcohol motifs (C(OH)–C–C–N with tert-alkyl or cyclic N) is 1. The molecular weight excluding hydrogens is 336 g/mol. The van der Waals surface area contributed by atoms with Crippen LogP contribution in [-0.4, -0.2) is 127 Å². The molecule has 150 valence electrons. The van der Waals surface area contributed by atoms with E-state index in [0.717, 1.165) is 39.0 Å². The summed E-state index contributed by atoms with van der Waals surface area (Å²) in [6.45, 7) is 13.1. The van der Waals surface area contributed by atoms with Crippen LogP contribution in [0.4, 0.5) is 0 Å². The van der Waals surface area contributed by atoms with E-state index in [0.29, 0.717) is 39.3 Å². The molecule has 8 heteroatoms. The summed E-state index contributed by atoms with van der Waals surface area (Å²) < 4.78 is 0. The molecule has 1 unspecified atom stereocenters. The Balaban J connectivity index is 2.81. The highest BCUT2D eigenvalue weighted by Crippen LogP contribution is 2.01. The fraction of sp³-hybridized carbons (Fsp3) is 0.778. The van der Waals surface area contributed by atoms with E-state index in [1.54, 1.807) is 6.92 Å². The number of carboxylic acids is 1. The summed E-state index contributed by atoms with van der Waals surface area (Å²) in [5.41, 5.74) is 0. The Bertz CT molecular complexity index is 433. The molecular formula is C18H34N4O4. The Kier molecular flexibility index (Phi) is 11.3.